The van der Waals surface area contributed by atoms with E-state index in [1.807, 2.05) is 0 Å². The maximum Gasteiger partial charge on any atom is 0.0601 e. The number of aliphatic hydroxyl groups is 1. The lowest BCUT2D eigenvalue weighted by atomic mass is 10.1. The monoisotopic (exact) mass is 167 g/mol. The van der Waals surface area contributed by atoms with Gasteiger partial charge in [-0.3, -0.25) is 4.90 Å². The van der Waals surface area contributed by atoms with Crippen LogP contribution >= 0.6 is 0 Å². The quantitative estimate of drug-likeness (QED) is 0.617. The maximum absolute atomic E-state index is 8.49. The topological polar surface area (TPSA) is 23.5 Å². The molecule has 68 valence electrons. The summed E-state index contributed by atoms with van der Waals surface area (Å²) in [6.45, 7) is 3.48. The van der Waals surface area contributed by atoms with Crippen LogP contribution in [0.25, 0.3) is 0 Å². The number of aliphatic hydroxyl groups excluding tert-OH is 1. The van der Waals surface area contributed by atoms with E-state index in [9.17, 15) is 0 Å². The van der Waals surface area contributed by atoms with E-state index >= 15 is 0 Å². The zero-order chi connectivity index (χ0) is 8.65. The first-order valence-electron chi connectivity index (χ1n) is 4.72. The minimum Gasteiger partial charge on any atom is -0.395 e. The van der Waals surface area contributed by atoms with Crippen molar-refractivity contribution >= 4 is 0 Å². The lowest BCUT2D eigenvalue weighted by Gasteiger charge is -2.23. The second-order valence-corrected chi connectivity index (χ2v) is 3.16. The van der Waals surface area contributed by atoms with Crippen molar-refractivity contribution in [2.45, 2.75) is 25.7 Å². The highest BCUT2D eigenvalue weighted by molar-refractivity contribution is 5.01. The largest absolute Gasteiger partial charge is 0.395 e. The van der Waals surface area contributed by atoms with Crippen LogP contribution in [-0.4, -0.2) is 36.2 Å². The Morgan fingerprint density at radius 3 is 2.50 bits per heavy atom. The lowest BCUT2D eigenvalue weighted by Crippen LogP contribution is -2.29. The first-order valence-corrected chi connectivity index (χ1v) is 4.72. The number of likely N-dealkylation sites (tertiary alicyclic amines) is 1. The average molecular weight is 167 g/mol. The van der Waals surface area contributed by atoms with Gasteiger partial charge in [0, 0.05) is 6.42 Å². The molecule has 0 aromatic carbocycles. The SMILES string of the molecule is OCCC#CCN1CCCCC1. The molecule has 0 aromatic rings. The van der Waals surface area contributed by atoms with Crippen LogP contribution in [0.5, 0.6) is 0 Å². The molecule has 0 aromatic heterocycles. The Hall–Kier alpha value is -0.520. The van der Waals surface area contributed by atoms with Crippen LogP contribution in [0.4, 0.5) is 0 Å². The summed E-state index contributed by atoms with van der Waals surface area (Å²) in [6, 6.07) is 0. The molecule has 0 radical (unpaired) electrons. The van der Waals surface area contributed by atoms with E-state index in [2.05, 4.69) is 16.7 Å². The van der Waals surface area contributed by atoms with Gasteiger partial charge in [0.1, 0.15) is 0 Å². The van der Waals surface area contributed by atoms with E-state index < -0.39 is 0 Å². The number of nitrogens with zero attached hydrogens (tertiary/aromatic N) is 1. The van der Waals surface area contributed by atoms with Crippen molar-refractivity contribution in [2.75, 3.05) is 26.2 Å². The molecular weight excluding hydrogens is 150 g/mol. The summed E-state index contributed by atoms with van der Waals surface area (Å²) in [5.74, 6) is 6.01. The van der Waals surface area contributed by atoms with Gasteiger partial charge in [-0.15, -0.1) is 0 Å². The highest BCUT2D eigenvalue weighted by Gasteiger charge is 2.07. The molecule has 1 heterocycles. The number of hydrogen-bond donors (Lipinski definition) is 1. The van der Waals surface area contributed by atoms with Crippen LogP contribution in [0.3, 0.4) is 0 Å². The minimum atomic E-state index is 0.188. The van der Waals surface area contributed by atoms with Crippen molar-refractivity contribution < 1.29 is 5.11 Å². The Morgan fingerprint density at radius 1 is 1.08 bits per heavy atom. The molecule has 0 spiro atoms. The normalized spacial score (nSPS) is 18.4. The van der Waals surface area contributed by atoms with Crippen LogP contribution in [-0.2, 0) is 0 Å². The van der Waals surface area contributed by atoms with Gasteiger partial charge in [-0.25, -0.2) is 0 Å². The van der Waals surface area contributed by atoms with Crippen molar-refractivity contribution in [3.8, 4) is 11.8 Å². The second-order valence-electron chi connectivity index (χ2n) is 3.16. The van der Waals surface area contributed by atoms with E-state index in [-0.39, 0.29) is 6.61 Å². The van der Waals surface area contributed by atoms with Crippen LogP contribution in [0.1, 0.15) is 25.7 Å². The van der Waals surface area contributed by atoms with Gasteiger partial charge < -0.3 is 5.11 Å². The Morgan fingerprint density at radius 2 is 1.83 bits per heavy atom. The van der Waals surface area contributed by atoms with Gasteiger partial charge in [0.25, 0.3) is 0 Å². The molecule has 0 bridgehead atoms. The average Bonchev–Trinajstić information content (AvgIpc) is 2.14. The molecule has 0 atom stereocenters. The lowest BCUT2D eigenvalue weighted by molar-refractivity contribution is 0.255. The van der Waals surface area contributed by atoms with Gasteiger partial charge in [0.15, 0.2) is 0 Å². The molecule has 1 aliphatic heterocycles. The smallest absolute Gasteiger partial charge is 0.0601 e. The summed E-state index contributed by atoms with van der Waals surface area (Å²) in [5.41, 5.74) is 0. The fourth-order valence-electron chi connectivity index (χ4n) is 1.43. The predicted molar refractivity (Wildman–Crippen MR) is 49.8 cm³/mol. The minimum absolute atomic E-state index is 0.188. The Labute approximate surface area is 74.6 Å². The van der Waals surface area contributed by atoms with E-state index in [1.54, 1.807) is 0 Å². The third kappa shape index (κ3) is 3.75. The van der Waals surface area contributed by atoms with Crippen LogP contribution < -0.4 is 0 Å². The highest BCUT2D eigenvalue weighted by atomic mass is 16.2. The molecule has 0 saturated carbocycles. The van der Waals surface area contributed by atoms with Crippen LogP contribution in [0, 0.1) is 11.8 Å². The number of rotatable bonds is 2. The van der Waals surface area contributed by atoms with Gasteiger partial charge >= 0.3 is 0 Å². The van der Waals surface area contributed by atoms with Crippen molar-refractivity contribution in [3.63, 3.8) is 0 Å². The first-order chi connectivity index (χ1) is 5.93. The maximum atomic E-state index is 8.49. The second kappa shape index (κ2) is 6.05. The van der Waals surface area contributed by atoms with Gasteiger partial charge in [-0.1, -0.05) is 18.3 Å². The Bertz CT molecular complexity index is 162. The standard InChI is InChI=1S/C10H17NO/c12-10-6-2-5-9-11-7-3-1-4-8-11/h12H,1,3-4,6-10H2. The van der Waals surface area contributed by atoms with E-state index in [0.717, 1.165) is 6.54 Å². The summed E-state index contributed by atoms with van der Waals surface area (Å²) >= 11 is 0. The molecule has 1 rings (SSSR count). The van der Waals surface area contributed by atoms with Gasteiger partial charge in [0.05, 0.1) is 13.2 Å². The fourth-order valence-corrected chi connectivity index (χ4v) is 1.43. The highest BCUT2D eigenvalue weighted by Crippen LogP contribution is 2.06. The summed E-state index contributed by atoms with van der Waals surface area (Å²) in [6.07, 6.45) is 4.64. The van der Waals surface area contributed by atoms with Crippen molar-refractivity contribution in [2.24, 2.45) is 0 Å². The molecule has 1 fully saturated rings. The zero-order valence-electron chi connectivity index (χ0n) is 7.55. The predicted octanol–water partition coefficient (Wildman–Crippen LogP) is 0.858. The molecule has 0 aliphatic carbocycles. The molecule has 0 amide bonds. The first kappa shape index (κ1) is 9.57. The van der Waals surface area contributed by atoms with Gasteiger partial charge in [-0.2, -0.15) is 0 Å². The van der Waals surface area contributed by atoms with Gasteiger partial charge in [0.2, 0.25) is 0 Å². The summed E-state index contributed by atoms with van der Waals surface area (Å²) in [5, 5.41) is 8.49. The van der Waals surface area contributed by atoms with Crippen LogP contribution in [0.15, 0.2) is 0 Å². The van der Waals surface area contributed by atoms with Crippen molar-refractivity contribution in [1.29, 1.82) is 0 Å². The molecule has 0 unspecified atom stereocenters. The third-order valence-electron chi connectivity index (χ3n) is 2.11. The van der Waals surface area contributed by atoms with Crippen molar-refractivity contribution in [3.05, 3.63) is 0 Å². The molecule has 1 saturated heterocycles. The molecule has 2 heteroatoms. The molecular formula is C10H17NO. The molecule has 1 aliphatic rings. The van der Waals surface area contributed by atoms with E-state index in [4.69, 9.17) is 5.11 Å². The summed E-state index contributed by atoms with van der Waals surface area (Å²) in [7, 11) is 0. The van der Waals surface area contributed by atoms with E-state index in [0.29, 0.717) is 6.42 Å². The Balaban J connectivity index is 2.09. The zero-order valence-corrected chi connectivity index (χ0v) is 7.55. The number of piperidine rings is 1. The third-order valence-corrected chi connectivity index (χ3v) is 2.11. The molecule has 1 N–H and O–H groups in total. The fraction of sp³-hybridized carbons (Fsp3) is 0.800. The van der Waals surface area contributed by atoms with E-state index in [1.165, 1.54) is 32.4 Å². The van der Waals surface area contributed by atoms with Crippen molar-refractivity contribution in [1.82, 2.24) is 4.90 Å². The molecule has 12 heavy (non-hydrogen) atoms. The Kier molecular flexibility index (Phi) is 4.82. The molecule has 2 nitrogen and oxygen atoms in total. The number of hydrogen-bond acceptors (Lipinski definition) is 2. The van der Waals surface area contributed by atoms with Crippen LogP contribution in [0.2, 0.25) is 0 Å². The van der Waals surface area contributed by atoms with Gasteiger partial charge in [-0.05, 0) is 25.9 Å². The summed E-state index contributed by atoms with van der Waals surface area (Å²) in [4.78, 5) is 2.38. The summed E-state index contributed by atoms with van der Waals surface area (Å²) < 4.78 is 0.